The maximum absolute atomic E-state index is 12.0. The van der Waals surface area contributed by atoms with Crippen LogP contribution in [-0.2, 0) is 4.79 Å². The van der Waals surface area contributed by atoms with E-state index in [1.807, 2.05) is 18.2 Å². The first-order chi connectivity index (χ1) is 11.6. The fourth-order valence-corrected chi connectivity index (χ4v) is 3.06. The van der Waals surface area contributed by atoms with Gasteiger partial charge in [-0.1, -0.05) is 12.1 Å². The third-order valence-electron chi connectivity index (χ3n) is 4.35. The molecule has 1 aromatic heterocycles. The van der Waals surface area contributed by atoms with E-state index in [0.29, 0.717) is 25.3 Å². The molecule has 2 aromatic rings. The normalized spacial score (nSPS) is 18.4. The average Bonchev–Trinajstić information content (AvgIpc) is 3.05. The fraction of sp³-hybridized carbons (Fsp3) is 0.438. The standard InChI is InChI=1S/C16H22N6O2/c17-15(23)12-4-2-7-22(10-12)8-6-18-16(24)20-13-5-1-3-11-9-19-21-14(11)13/h1,3,5,9,12H,2,4,6-8,10H2,(H2,17,23)(H,19,21)(H2,18,20,24)/t12-/m1/s1. The number of nitrogens with two attached hydrogens (primary N) is 1. The highest BCUT2D eigenvalue weighted by Gasteiger charge is 2.23. The summed E-state index contributed by atoms with van der Waals surface area (Å²) in [6.07, 6.45) is 3.53. The Balaban J connectivity index is 1.46. The second-order valence-corrected chi connectivity index (χ2v) is 6.06. The number of aromatic amines is 1. The number of piperidine rings is 1. The SMILES string of the molecule is NC(=O)[C@@H]1CCCN(CCNC(=O)Nc2cccc3cn[nH]c23)C1. The fourth-order valence-electron chi connectivity index (χ4n) is 3.06. The summed E-state index contributed by atoms with van der Waals surface area (Å²) in [5, 5.41) is 13.4. The molecule has 8 heteroatoms. The van der Waals surface area contributed by atoms with E-state index in [2.05, 4.69) is 25.7 Å². The number of carbonyl (C=O) groups excluding carboxylic acids is 2. The number of nitrogens with one attached hydrogen (secondary N) is 3. The Morgan fingerprint density at radius 1 is 1.42 bits per heavy atom. The monoisotopic (exact) mass is 330 g/mol. The lowest BCUT2D eigenvalue weighted by Crippen LogP contribution is -2.44. The summed E-state index contributed by atoms with van der Waals surface area (Å²) in [5.74, 6) is -0.316. The molecule has 0 bridgehead atoms. The van der Waals surface area contributed by atoms with E-state index in [1.165, 1.54) is 0 Å². The zero-order valence-corrected chi connectivity index (χ0v) is 13.4. The number of rotatable bonds is 5. The van der Waals surface area contributed by atoms with E-state index in [4.69, 9.17) is 5.73 Å². The van der Waals surface area contributed by atoms with Crippen LogP contribution < -0.4 is 16.4 Å². The van der Waals surface area contributed by atoms with Gasteiger partial charge in [-0.15, -0.1) is 0 Å². The van der Waals surface area contributed by atoms with Crippen LogP contribution in [0.2, 0.25) is 0 Å². The second kappa shape index (κ2) is 7.31. The zero-order chi connectivity index (χ0) is 16.9. The summed E-state index contributed by atoms with van der Waals surface area (Å²) in [6.45, 7) is 2.81. The van der Waals surface area contributed by atoms with Gasteiger partial charge in [0.15, 0.2) is 0 Å². The van der Waals surface area contributed by atoms with Crippen molar-refractivity contribution in [3.63, 3.8) is 0 Å². The van der Waals surface area contributed by atoms with Gasteiger partial charge in [0, 0.05) is 25.0 Å². The van der Waals surface area contributed by atoms with Crippen molar-refractivity contribution >= 4 is 28.5 Å². The van der Waals surface area contributed by atoms with Crippen LogP contribution in [0.1, 0.15) is 12.8 Å². The van der Waals surface area contributed by atoms with Gasteiger partial charge in [-0.05, 0) is 25.5 Å². The van der Waals surface area contributed by atoms with Crippen molar-refractivity contribution in [2.75, 3.05) is 31.5 Å². The number of anilines is 1. The number of para-hydroxylation sites is 1. The molecule has 5 N–H and O–H groups in total. The highest BCUT2D eigenvalue weighted by Crippen LogP contribution is 2.20. The Morgan fingerprint density at radius 2 is 2.29 bits per heavy atom. The molecule has 8 nitrogen and oxygen atoms in total. The first-order valence-corrected chi connectivity index (χ1v) is 8.12. The molecular formula is C16H22N6O2. The van der Waals surface area contributed by atoms with E-state index >= 15 is 0 Å². The first kappa shape index (κ1) is 16.3. The Morgan fingerprint density at radius 3 is 3.12 bits per heavy atom. The minimum absolute atomic E-state index is 0.0782. The molecule has 1 saturated heterocycles. The summed E-state index contributed by atoms with van der Waals surface area (Å²) in [5.41, 5.74) is 6.86. The van der Waals surface area contributed by atoms with Gasteiger partial charge in [0.05, 0.1) is 23.3 Å². The third kappa shape index (κ3) is 3.83. The molecule has 0 radical (unpaired) electrons. The van der Waals surface area contributed by atoms with Gasteiger partial charge in [0.2, 0.25) is 5.91 Å². The Bertz CT molecular complexity index is 728. The number of likely N-dealkylation sites (tertiary alicyclic amines) is 1. The number of fused-ring (bicyclic) bond motifs is 1. The van der Waals surface area contributed by atoms with Crippen LogP contribution in [-0.4, -0.2) is 53.2 Å². The molecule has 0 aliphatic carbocycles. The summed E-state index contributed by atoms with van der Waals surface area (Å²) in [7, 11) is 0. The Labute approximate surface area is 139 Å². The van der Waals surface area contributed by atoms with Gasteiger partial charge in [-0.25, -0.2) is 4.79 Å². The number of carbonyl (C=O) groups is 2. The van der Waals surface area contributed by atoms with E-state index in [0.717, 1.165) is 30.3 Å². The number of benzene rings is 1. The minimum atomic E-state index is -0.263. The molecule has 3 amide bonds. The van der Waals surface area contributed by atoms with Gasteiger partial charge >= 0.3 is 6.03 Å². The van der Waals surface area contributed by atoms with Gasteiger partial charge < -0.3 is 21.3 Å². The molecule has 0 saturated carbocycles. The van der Waals surface area contributed by atoms with Crippen LogP contribution in [0.25, 0.3) is 10.9 Å². The van der Waals surface area contributed by atoms with Gasteiger partial charge in [0.1, 0.15) is 0 Å². The highest BCUT2D eigenvalue weighted by molar-refractivity contribution is 5.99. The lowest BCUT2D eigenvalue weighted by atomic mass is 9.97. The number of nitrogens with zero attached hydrogens (tertiary/aromatic N) is 2. The molecule has 128 valence electrons. The number of aromatic nitrogens is 2. The van der Waals surface area contributed by atoms with Crippen molar-refractivity contribution in [3.8, 4) is 0 Å². The number of hydrogen-bond donors (Lipinski definition) is 4. The van der Waals surface area contributed by atoms with Crippen LogP contribution in [0, 0.1) is 5.92 Å². The maximum atomic E-state index is 12.0. The van der Waals surface area contributed by atoms with Crippen molar-refractivity contribution in [1.82, 2.24) is 20.4 Å². The smallest absolute Gasteiger partial charge is 0.319 e. The molecular weight excluding hydrogens is 308 g/mol. The predicted octanol–water partition coefficient (Wildman–Crippen LogP) is 0.882. The lowest BCUT2D eigenvalue weighted by Gasteiger charge is -2.31. The number of amides is 3. The molecule has 2 heterocycles. The van der Waals surface area contributed by atoms with Crippen molar-refractivity contribution in [1.29, 1.82) is 0 Å². The molecule has 24 heavy (non-hydrogen) atoms. The average molecular weight is 330 g/mol. The van der Waals surface area contributed by atoms with Crippen LogP contribution in [0.5, 0.6) is 0 Å². The van der Waals surface area contributed by atoms with Crippen LogP contribution in [0.3, 0.4) is 0 Å². The summed E-state index contributed by atoms with van der Waals surface area (Å²) in [6, 6.07) is 5.35. The largest absolute Gasteiger partial charge is 0.369 e. The topological polar surface area (TPSA) is 116 Å². The van der Waals surface area contributed by atoms with Crippen molar-refractivity contribution in [3.05, 3.63) is 24.4 Å². The van der Waals surface area contributed by atoms with E-state index in [9.17, 15) is 9.59 Å². The molecule has 1 aliphatic heterocycles. The zero-order valence-electron chi connectivity index (χ0n) is 13.4. The van der Waals surface area contributed by atoms with Crippen molar-refractivity contribution in [2.24, 2.45) is 11.7 Å². The third-order valence-corrected chi connectivity index (χ3v) is 4.35. The molecule has 1 aliphatic rings. The maximum Gasteiger partial charge on any atom is 0.319 e. The van der Waals surface area contributed by atoms with Crippen LogP contribution in [0.4, 0.5) is 10.5 Å². The predicted molar refractivity (Wildman–Crippen MR) is 91.5 cm³/mol. The quantitative estimate of drug-likeness (QED) is 0.651. The Kier molecular flexibility index (Phi) is 4.95. The van der Waals surface area contributed by atoms with Crippen molar-refractivity contribution < 1.29 is 9.59 Å². The lowest BCUT2D eigenvalue weighted by molar-refractivity contribution is -0.123. The Hall–Kier alpha value is -2.61. The summed E-state index contributed by atoms with van der Waals surface area (Å²) in [4.78, 5) is 25.5. The summed E-state index contributed by atoms with van der Waals surface area (Å²) < 4.78 is 0. The molecule has 3 rings (SSSR count). The van der Waals surface area contributed by atoms with Gasteiger partial charge in [-0.2, -0.15) is 5.10 Å². The van der Waals surface area contributed by atoms with E-state index in [-0.39, 0.29) is 17.9 Å². The molecule has 1 atom stereocenters. The molecule has 1 fully saturated rings. The molecule has 1 aromatic carbocycles. The molecule has 0 unspecified atom stereocenters. The van der Waals surface area contributed by atoms with Gasteiger partial charge in [0.25, 0.3) is 0 Å². The van der Waals surface area contributed by atoms with Crippen LogP contribution in [0.15, 0.2) is 24.4 Å². The number of H-pyrrole nitrogens is 1. The minimum Gasteiger partial charge on any atom is -0.369 e. The number of hydrogen-bond acceptors (Lipinski definition) is 4. The highest BCUT2D eigenvalue weighted by atomic mass is 16.2. The van der Waals surface area contributed by atoms with Gasteiger partial charge in [-0.3, -0.25) is 9.89 Å². The summed E-state index contributed by atoms with van der Waals surface area (Å²) >= 11 is 0. The van der Waals surface area contributed by atoms with E-state index < -0.39 is 0 Å². The van der Waals surface area contributed by atoms with Crippen LogP contribution >= 0.6 is 0 Å². The number of urea groups is 1. The number of primary amides is 1. The van der Waals surface area contributed by atoms with Crippen molar-refractivity contribution in [2.45, 2.75) is 12.8 Å². The molecule has 0 spiro atoms. The van der Waals surface area contributed by atoms with E-state index in [1.54, 1.807) is 6.20 Å². The first-order valence-electron chi connectivity index (χ1n) is 8.12. The second-order valence-electron chi connectivity index (χ2n) is 6.06.